The summed E-state index contributed by atoms with van der Waals surface area (Å²) in [7, 11) is 0. The predicted octanol–water partition coefficient (Wildman–Crippen LogP) is 1.37. The van der Waals surface area contributed by atoms with Crippen LogP contribution in [-0.2, 0) is 4.74 Å². The zero-order chi connectivity index (χ0) is 8.97. The fourth-order valence-corrected chi connectivity index (χ4v) is 0.681. The third-order valence-corrected chi connectivity index (χ3v) is 1.09. The summed E-state index contributed by atoms with van der Waals surface area (Å²) in [5.41, 5.74) is 0.598. The second-order valence-corrected chi connectivity index (χ2v) is 2.57. The molecule has 0 unspecified atom stereocenters. The molecule has 2 N–H and O–H groups in total. The molecule has 0 radical (unpaired) electrons. The maximum atomic E-state index is 10.9. The Hall–Kier alpha value is -1.52. The SMILES string of the molecule is CC(C)OC(=O)Nc1cn[nH]c1. The van der Waals surface area contributed by atoms with Crippen molar-refractivity contribution < 1.29 is 9.53 Å². The molecule has 1 amide bonds. The molecule has 0 fully saturated rings. The summed E-state index contributed by atoms with van der Waals surface area (Å²) >= 11 is 0. The van der Waals surface area contributed by atoms with E-state index in [1.54, 1.807) is 20.0 Å². The lowest BCUT2D eigenvalue weighted by Gasteiger charge is -2.07. The van der Waals surface area contributed by atoms with Crippen molar-refractivity contribution in [1.82, 2.24) is 10.2 Å². The van der Waals surface area contributed by atoms with Gasteiger partial charge in [-0.2, -0.15) is 5.10 Å². The number of aromatic amines is 1. The zero-order valence-corrected chi connectivity index (χ0v) is 7.00. The molecule has 1 heterocycles. The van der Waals surface area contributed by atoms with Crippen molar-refractivity contribution in [2.24, 2.45) is 0 Å². The number of H-pyrrole nitrogens is 1. The minimum atomic E-state index is -0.466. The quantitative estimate of drug-likeness (QED) is 0.702. The summed E-state index contributed by atoms with van der Waals surface area (Å²) in [6.07, 6.45) is 2.49. The molecule has 0 bridgehead atoms. The smallest absolute Gasteiger partial charge is 0.411 e. The number of hydrogen-bond acceptors (Lipinski definition) is 3. The number of rotatable bonds is 2. The Labute approximate surface area is 70.1 Å². The first-order chi connectivity index (χ1) is 5.68. The summed E-state index contributed by atoms with van der Waals surface area (Å²) in [5, 5.41) is 8.73. The van der Waals surface area contributed by atoms with E-state index in [9.17, 15) is 4.79 Å². The van der Waals surface area contributed by atoms with Gasteiger partial charge >= 0.3 is 6.09 Å². The molecular formula is C7H11N3O2. The second-order valence-electron chi connectivity index (χ2n) is 2.57. The highest BCUT2D eigenvalue weighted by Gasteiger charge is 2.04. The Bertz CT molecular complexity index is 243. The molecule has 0 spiro atoms. The number of aromatic nitrogens is 2. The molecule has 0 aliphatic carbocycles. The second kappa shape index (κ2) is 3.75. The highest BCUT2D eigenvalue weighted by molar-refractivity contribution is 5.84. The Kier molecular flexibility index (Phi) is 2.68. The summed E-state index contributed by atoms with van der Waals surface area (Å²) in [6.45, 7) is 3.57. The van der Waals surface area contributed by atoms with Gasteiger partial charge in [0.2, 0.25) is 0 Å². The van der Waals surface area contributed by atoms with Crippen LogP contribution in [0, 0.1) is 0 Å². The van der Waals surface area contributed by atoms with Crippen molar-refractivity contribution in [2.45, 2.75) is 20.0 Å². The van der Waals surface area contributed by atoms with Crippen molar-refractivity contribution in [3.8, 4) is 0 Å². The van der Waals surface area contributed by atoms with Crippen LogP contribution in [0.15, 0.2) is 12.4 Å². The minimum Gasteiger partial charge on any atom is -0.447 e. The summed E-state index contributed by atoms with van der Waals surface area (Å²) in [6, 6.07) is 0. The molecule has 0 atom stereocenters. The fourth-order valence-electron chi connectivity index (χ4n) is 0.681. The van der Waals surface area contributed by atoms with Crippen LogP contribution >= 0.6 is 0 Å². The van der Waals surface area contributed by atoms with Crippen LogP contribution < -0.4 is 5.32 Å². The number of anilines is 1. The van der Waals surface area contributed by atoms with E-state index in [4.69, 9.17) is 4.74 Å². The Morgan fingerprint density at radius 1 is 1.75 bits per heavy atom. The maximum absolute atomic E-state index is 10.9. The monoisotopic (exact) mass is 169 g/mol. The predicted molar refractivity (Wildman–Crippen MR) is 43.8 cm³/mol. The van der Waals surface area contributed by atoms with Crippen LogP contribution in [0.1, 0.15) is 13.8 Å². The van der Waals surface area contributed by atoms with Crippen molar-refractivity contribution in [1.29, 1.82) is 0 Å². The lowest BCUT2D eigenvalue weighted by molar-refractivity contribution is 0.130. The van der Waals surface area contributed by atoms with Gasteiger partial charge in [-0.15, -0.1) is 0 Å². The molecule has 0 aromatic carbocycles. The van der Waals surface area contributed by atoms with Gasteiger partial charge in [-0.05, 0) is 13.8 Å². The van der Waals surface area contributed by atoms with Crippen LogP contribution in [0.4, 0.5) is 10.5 Å². The fraction of sp³-hybridized carbons (Fsp3) is 0.429. The van der Waals surface area contributed by atoms with E-state index >= 15 is 0 Å². The Balaban J connectivity index is 2.37. The van der Waals surface area contributed by atoms with E-state index in [1.807, 2.05) is 0 Å². The number of hydrogen-bond donors (Lipinski definition) is 2. The third-order valence-electron chi connectivity index (χ3n) is 1.09. The molecule has 1 aromatic heterocycles. The zero-order valence-electron chi connectivity index (χ0n) is 7.00. The maximum Gasteiger partial charge on any atom is 0.411 e. The molecule has 0 aliphatic heterocycles. The van der Waals surface area contributed by atoms with Gasteiger partial charge < -0.3 is 4.74 Å². The van der Waals surface area contributed by atoms with Gasteiger partial charge in [0.25, 0.3) is 0 Å². The van der Waals surface area contributed by atoms with E-state index in [0.717, 1.165) is 0 Å². The normalized spacial score (nSPS) is 9.92. The number of carbonyl (C=O) groups is 1. The van der Waals surface area contributed by atoms with Crippen molar-refractivity contribution in [2.75, 3.05) is 5.32 Å². The molecule has 5 nitrogen and oxygen atoms in total. The molecule has 0 aliphatic rings. The van der Waals surface area contributed by atoms with Crippen molar-refractivity contribution in [3.63, 3.8) is 0 Å². The highest BCUT2D eigenvalue weighted by atomic mass is 16.6. The summed E-state index contributed by atoms with van der Waals surface area (Å²) < 4.78 is 4.83. The van der Waals surface area contributed by atoms with Gasteiger partial charge in [-0.25, -0.2) is 4.79 Å². The molecule has 0 saturated heterocycles. The molecule has 1 aromatic rings. The van der Waals surface area contributed by atoms with Crippen LogP contribution in [-0.4, -0.2) is 22.4 Å². The molecule has 0 saturated carbocycles. The average Bonchev–Trinajstić information content (AvgIpc) is 2.37. The largest absolute Gasteiger partial charge is 0.447 e. The van der Waals surface area contributed by atoms with Crippen LogP contribution in [0.2, 0.25) is 0 Å². The third kappa shape index (κ3) is 2.61. The van der Waals surface area contributed by atoms with Crippen LogP contribution in [0.3, 0.4) is 0 Å². The van der Waals surface area contributed by atoms with Crippen molar-refractivity contribution >= 4 is 11.8 Å². The van der Waals surface area contributed by atoms with Gasteiger partial charge in [-0.1, -0.05) is 0 Å². The van der Waals surface area contributed by atoms with E-state index < -0.39 is 6.09 Å². The highest BCUT2D eigenvalue weighted by Crippen LogP contribution is 2.02. The number of nitrogens with one attached hydrogen (secondary N) is 2. The standard InChI is InChI=1S/C7H11N3O2/c1-5(2)12-7(11)10-6-3-8-9-4-6/h3-5H,1-2H3,(H,8,9)(H,10,11). The number of ether oxygens (including phenoxy) is 1. The van der Waals surface area contributed by atoms with E-state index in [1.165, 1.54) is 6.20 Å². The minimum absolute atomic E-state index is 0.114. The van der Waals surface area contributed by atoms with Crippen LogP contribution in [0.5, 0.6) is 0 Å². The number of nitrogens with zero attached hydrogens (tertiary/aromatic N) is 1. The Morgan fingerprint density at radius 3 is 3.00 bits per heavy atom. The first-order valence-corrected chi connectivity index (χ1v) is 3.65. The van der Waals surface area contributed by atoms with E-state index in [2.05, 4.69) is 15.5 Å². The van der Waals surface area contributed by atoms with Gasteiger partial charge in [0, 0.05) is 6.20 Å². The van der Waals surface area contributed by atoms with E-state index in [-0.39, 0.29) is 6.10 Å². The van der Waals surface area contributed by atoms with Gasteiger partial charge in [0.1, 0.15) is 0 Å². The first-order valence-electron chi connectivity index (χ1n) is 3.65. The summed E-state index contributed by atoms with van der Waals surface area (Å²) in [4.78, 5) is 10.9. The Morgan fingerprint density at radius 2 is 2.50 bits per heavy atom. The lowest BCUT2D eigenvalue weighted by atomic mass is 10.5. The van der Waals surface area contributed by atoms with Gasteiger partial charge in [0.05, 0.1) is 18.0 Å². The van der Waals surface area contributed by atoms with Crippen molar-refractivity contribution in [3.05, 3.63) is 12.4 Å². The molecule has 66 valence electrons. The number of amides is 1. The molecular weight excluding hydrogens is 158 g/mol. The molecule has 5 heteroatoms. The lowest BCUT2D eigenvalue weighted by Crippen LogP contribution is -2.17. The van der Waals surface area contributed by atoms with Gasteiger partial charge in [-0.3, -0.25) is 10.4 Å². The molecule has 1 rings (SSSR count). The van der Waals surface area contributed by atoms with Crippen LogP contribution in [0.25, 0.3) is 0 Å². The average molecular weight is 169 g/mol. The summed E-state index contributed by atoms with van der Waals surface area (Å²) in [5.74, 6) is 0. The topological polar surface area (TPSA) is 67.0 Å². The first kappa shape index (κ1) is 8.58. The van der Waals surface area contributed by atoms with E-state index in [0.29, 0.717) is 5.69 Å². The van der Waals surface area contributed by atoms with Gasteiger partial charge in [0.15, 0.2) is 0 Å². The molecule has 12 heavy (non-hydrogen) atoms. The number of carbonyl (C=O) groups excluding carboxylic acids is 1.